The first-order valence-electron chi connectivity index (χ1n) is 6.78. The van der Waals surface area contributed by atoms with E-state index < -0.39 is 0 Å². The molecule has 0 bridgehead atoms. The van der Waals surface area contributed by atoms with Crippen LogP contribution in [0.25, 0.3) is 10.8 Å². The molecule has 1 saturated carbocycles. The molecule has 4 heteroatoms. The van der Waals surface area contributed by atoms with Crippen LogP contribution in [0.5, 0.6) is 0 Å². The number of benzene rings is 2. The molecule has 0 saturated heterocycles. The summed E-state index contributed by atoms with van der Waals surface area (Å²) >= 11 is 0. The number of amides is 1. The number of nitrogens with one attached hydrogen (secondary N) is 1. The number of hydrogen-bond acceptors (Lipinski definition) is 2. The molecule has 0 aliphatic heterocycles. The smallest absolute Gasteiger partial charge is 0.252 e. The van der Waals surface area contributed by atoms with Crippen molar-refractivity contribution in [3.05, 3.63) is 48.0 Å². The van der Waals surface area contributed by atoms with E-state index in [9.17, 15) is 4.79 Å². The lowest BCUT2D eigenvalue weighted by Gasteiger charge is -2.16. The second-order valence-electron chi connectivity index (χ2n) is 5.18. The molecular formula is C16H19ClN2O. The van der Waals surface area contributed by atoms with Crippen molar-refractivity contribution < 1.29 is 4.79 Å². The molecule has 2 aromatic rings. The Labute approximate surface area is 125 Å². The fourth-order valence-corrected chi connectivity index (χ4v) is 2.54. The van der Waals surface area contributed by atoms with Crippen LogP contribution in [0.3, 0.4) is 0 Å². The second-order valence-corrected chi connectivity index (χ2v) is 5.18. The van der Waals surface area contributed by atoms with Gasteiger partial charge in [-0.25, -0.2) is 0 Å². The maximum absolute atomic E-state index is 12.4. The summed E-state index contributed by atoms with van der Waals surface area (Å²) in [6.45, 7) is 0.515. The Hall–Kier alpha value is -1.58. The van der Waals surface area contributed by atoms with Crippen molar-refractivity contribution in [3.63, 3.8) is 0 Å². The molecule has 1 aliphatic carbocycles. The maximum Gasteiger partial charge on any atom is 0.252 e. The van der Waals surface area contributed by atoms with Crippen molar-refractivity contribution in [1.29, 1.82) is 0 Å². The van der Waals surface area contributed by atoms with Crippen molar-refractivity contribution in [2.75, 3.05) is 6.54 Å². The maximum atomic E-state index is 12.4. The molecule has 3 N–H and O–H groups in total. The number of nitrogens with two attached hydrogens (primary N) is 1. The molecule has 1 fully saturated rings. The fraction of sp³-hybridized carbons (Fsp3) is 0.312. The zero-order chi connectivity index (χ0) is 13.2. The largest absolute Gasteiger partial charge is 0.348 e. The van der Waals surface area contributed by atoms with Crippen LogP contribution in [-0.2, 0) is 0 Å². The predicted molar refractivity (Wildman–Crippen MR) is 84.2 cm³/mol. The lowest BCUT2D eigenvalue weighted by Crippen LogP contribution is -2.41. The minimum Gasteiger partial charge on any atom is -0.348 e. The van der Waals surface area contributed by atoms with Gasteiger partial charge in [-0.15, -0.1) is 12.4 Å². The molecule has 1 atom stereocenters. The summed E-state index contributed by atoms with van der Waals surface area (Å²) in [5, 5.41) is 5.16. The SMILES string of the molecule is Cl.NCC(NC(=O)c1cccc2ccccc12)C1CC1. The summed E-state index contributed by atoms with van der Waals surface area (Å²) in [5.41, 5.74) is 6.47. The third kappa shape index (κ3) is 2.94. The topological polar surface area (TPSA) is 55.1 Å². The average Bonchev–Trinajstić information content (AvgIpc) is 3.28. The zero-order valence-electron chi connectivity index (χ0n) is 11.2. The normalized spacial score (nSPS) is 15.4. The van der Waals surface area contributed by atoms with Crippen molar-refractivity contribution in [1.82, 2.24) is 5.32 Å². The highest BCUT2D eigenvalue weighted by molar-refractivity contribution is 6.07. The highest BCUT2D eigenvalue weighted by Gasteiger charge is 2.31. The van der Waals surface area contributed by atoms with Gasteiger partial charge in [0, 0.05) is 18.2 Å². The number of halogens is 1. The monoisotopic (exact) mass is 290 g/mol. The van der Waals surface area contributed by atoms with Gasteiger partial charge in [-0.3, -0.25) is 4.79 Å². The van der Waals surface area contributed by atoms with Crippen molar-refractivity contribution in [2.45, 2.75) is 18.9 Å². The van der Waals surface area contributed by atoms with E-state index in [0.29, 0.717) is 12.5 Å². The first kappa shape index (κ1) is 14.8. The van der Waals surface area contributed by atoms with Crippen LogP contribution in [0.1, 0.15) is 23.2 Å². The molecule has 0 heterocycles. The quantitative estimate of drug-likeness (QED) is 0.910. The van der Waals surface area contributed by atoms with Crippen molar-refractivity contribution in [2.24, 2.45) is 11.7 Å². The molecule has 3 rings (SSSR count). The van der Waals surface area contributed by atoms with E-state index >= 15 is 0 Å². The fourth-order valence-electron chi connectivity index (χ4n) is 2.54. The molecule has 20 heavy (non-hydrogen) atoms. The second kappa shape index (κ2) is 6.25. The molecule has 1 aliphatic rings. The predicted octanol–water partition coefficient (Wildman–Crippen LogP) is 2.73. The van der Waals surface area contributed by atoms with E-state index in [4.69, 9.17) is 5.73 Å². The van der Waals surface area contributed by atoms with E-state index in [1.807, 2.05) is 42.5 Å². The van der Waals surface area contributed by atoms with Crippen molar-refractivity contribution in [3.8, 4) is 0 Å². The summed E-state index contributed by atoms with van der Waals surface area (Å²) in [6.07, 6.45) is 2.36. The Bertz CT molecular complexity index is 605. The molecule has 106 valence electrons. The number of hydrogen-bond donors (Lipinski definition) is 2. The summed E-state index contributed by atoms with van der Waals surface area (Å²) < 4.78 is 0. The molecule has 0 aromatic heterocycles. The van der Waals surface area contributed by atoms with Crippen LogP contribution in [-0.4, -0.2) is 18.5 Å². The third-order valence-electron chi connectivity index (χ3n) is 3.80. The summed E-state index contributed by atoms with van der Waals surface area (Å²) in [5.74, 6) is 0.558. The highest BCUT2D eigenvalue weighted by Crippen LogP contribution is 2.32. The number of carbonyl (C=O) groups is 1. The minimum absolute atomic E-state index is 0. The van der Waals surface area contributed by atoms with Crippen LogP contribution in [0, 0.1) is 5.92 Å². The molecule has 3 nitrogen and oxygen atoms in total. The van der Waals surface area contributed by atoms with E-state index in [1.165, 1.54) is 12.8 Å². The Morgan fingerprint density at radius 2 is 1.90 bits per heavy atom. The molecule has 0 radical (unpaired) electrons. The van der Waals surface area contributed by atoms with Gasteiger partial charge in [-0.2, -0.15) is 0 Å². The Morgan fingerprint density at radius 1 is 1.20 bits per heavy atom. The summed E-state index contributed by atoms with van der Waals surface area (Å²) in [6, 6.07) is 13.9. The van der Waals surface area contributed by atoms with Gasteiger partial charge in [-0.1, -0.05) is 36.4 Å². The van der Waals surface area contributed by atoms with E-state index in [0.717, 1.165) is 16.3 Å². The van der Waals surface area contributed by atoms with Crippen LogP contribution in [0.15, 0.2) is 42.5 Å². The Morgan fingerprint density at radius 3 is 2.60 bits per heavy atom. The first-order valence-corrected chi connectivity index (χ1v) is 6.78. The van der Waals surface area contributed by atoms with Gasteiger partial charge >= 0.3 is 0 Å². The van der Waals surface area contributed by atoms with Crippen molar-refractivity contribution >= 4 is 29.1 Å². The van der Waals surface area contributed by atoms with Gasteiger partial charge in [0.15, 0.2) is 0 Å². The number of carbonyl (C=O) groups excluding carboxylic acids is 1. The number of fused-ring (bicyclic) bond motifs is 1. The first-order chi connectivity index (χ1) is 9.29. The van der Waals surface area contributed by atoms with E-state index in [2.05, 4.69) is 5.32 Å². The number of rotatable bonds is 4. The van der Waals surface area contributed by atoms with Crippen LogP contribution >= 0.6 is 12.4 Å². The van der Waals surface area contributed by atoms with Crippen LogP contribution < -0.4 is 11.1 Å². The molecule has 2 aromatic carbocycles. The van der Waals surface area contributed by atoms with Crippen LogP contribution in [0.2, 0.25) is 0 Å². The third-order valence-corrected chi connectivity index (χ3v) is 3.80. The van der Waals surface area contributed by atoms with E-state index in [1.54, 1.807) is 0 Å². The Balaban J connectivity index is 0.00000147. The minimum atomic E-state index is -0.0147. The van der Waals surface area contributed by atoms with Gasteiger partial charge in [-0.05, 0) is 35.6 Å². The standard InChI is InChI=1S/C16H18N2O.ClH/c17-10-15(12-8-9-12)18-16(19)14-7-3-5-11-4-1-2-6-13(11)14;/h1-7,12,15H,8-10,17H2,(H,18,19);1H. The summed E-state index contributed by atoms with van der Waals surface area (Å²) in [4.78, 5) is 12.4. The Kier molecular flexibility index (Phi) is 4.63. The van der Waals surface area contributed by atoms with Gasteiger partial charge in [0.05, 0.1) is 0 Å². The lowest BCUT2D eigenvalue weighted by atomic mass is 10.0. The van der Waals surface area contributed by atoms with Gasteiger partial charge in [0.1, 0.15) is 0 Å². The average molecular weight is 291 g/mol. The van der Waals surface area contributed by atoms with Gasteiger partial charge in [0.25, 0.3) is 5.91 Å². The van der Waals surface area contributed by atoms with Gasteiger partial charge < -0.3 is 11.1 Å². The molecule has 1 amide bonds. The molecule has 0 spiro atoms. The summed E-state index contributed by atoms with van der Waals surface area (Å²) in [7, 11) is 0. The van der Waals surface area contributed by atoms with E-state index in [-0.39, 0.29) is 24.4 Å². The van der Waals surface area contributed by atoms with Crippen LogP contribution in [0.4, 0.5) is 0 Å². The van der Waals surface area contributed by atoms with Gasteiger partial charge in [0.2, 0.25) is 0 Å². The molecule has 1 unspecified atom stereocenters. The lowest BCUT2D eigenvalue weighted by molar-refractivity contribution is 0.0935. The zero-order valence-corrected chi connectivity index (χ0v) is 12.0. The molecular weight excluding hydrogens is 272 g/mol. The highest BCUT2D eigenvalue weighted by atomic mass is 35.5.